The summed E-state index contributed by atoms with van der Waals surface area (Å²) in [5, 5.41) is 21.0. The average Bonchev–Trinajstić information content (AvgIpc) is 3.28. The molecule has 200 valence electrons. The van der Waals surface area contributed by atoms with Gasteiger partial charge < -0.3 is 33.7 Å². The lowest BCUT2D eigenvalue weighted by atomic mass is 10.1. The summed E-state index contributed by atoms with van der Waals surface area (Å²) in [6.07, 6.45) is 2.62. The molecule has 0 saturated carbocycles. The van der Waals surface area contributed by atoms with Crippen molar-refractivity contribution in [1.29, 1.82) is 0 Å². The van der Waals surface area contributed by atoms with E-state index in [-0.39, 0.29) is 33.2 Å². The third-order valence-electron chi connectivity index (χ3n) is 5.74. The molecule has 0 radical (unpaired) electrons. The highest BCUT2D eigenvalue weighted by Crippen LogP contribution is 2.31. The lowest BCUT2D eigenvalue weighted by molar-refractivity contribution is -0.144. The van der Waals surface area contributed by atoms with Crippen molar-refractivity contribution in [2.75, 3.05) is 33.2 Å². The maximum atomic E-state index is 11.0. The molecule has 3 rings (SSSR count). The maximum absolute atomic E-state index is 11.0. The van der Waals surface area contributed by atoms with Crippen LogP contribution in [0.1, 0.15) is 26.2 Å². The molecule has 0 saturated heterocycles. The molecule has 2 N–H and O–H groups in total. The first-order valence-electron chi connectivity index (χ1n) is 12.6. The molecule has 0 aliphatic rings. The summed E-state index contributed by atoms with van der Waals surface area (Å²) >= 11 is 0. The van der Waals surface area contributed by atoms with Crippen molar-refractivity contribution < 1.29 is 34.0 Å². The van der Waals surface area contributed by atoms with Crippen molar-refractivity contribution in [1.82, 2.24) is 4.57 Å². The van der Waals surface area contributed by atoms with E-state index >= 15 is 0 Å². The van der Waals surface area contributed by atoms with Gasteiger partial charge in [0.05, 0.1) is 18.7 Å². The van der Waals surface area contributed by atoms with Crippen LogP contribution in [0.5, 0.6) is 5.75 Å². The zero-order valence-corrected chi connectivity index (χ0v) is 21.4. The summed E-state index contributed by atoms with van der Waals surface area (Å²) < 4.78 is 23.4. The number of esters is 1. The van der Waals surface area contributed by atoms with Crippen LogP contribution in [-0.4, -0.2) is 66.2 Å². The second kappa shape index (κ2) is 15.2. The molecular formula is C29H37NO7. The van der Waals surface area contributed by atoms with Crippen molar-refractivity contribution >= 4 is 16.9 Å². The number of nitrogens with zero attached hydrogens (tertiary/aromatic N) is 1. The van der Waals surface area contributed by atoms with Gasteiger partial charge in [0.1, 0.15) is 38.0 Å². The number of unbranched alkanes of at least 4 members (excludes halogenated alkanes) is 2. The molecule has 0 aliphatic carbocycles. The SMILES string of the molecule is C=CC(=O)OCC(O)COCOCC(O)COc1ccc2cc(-c3ccccc3)n(CCCCC)c2c1. The van der Waals surface area contributed by atoms with Crippen LogP contribution in [0.3, 0.4) is 0 Å². The van der Waals surface area contributed by atoms with Crippen molar-refractivity contribution in [3.63, 3.8) is 0 Å². The number of hydrogen-bond donors (Lipinski definition) is 2. The molecule has 2 atom stereocenters. The lowest BCUT2D eigenvalue weighted by Crippen LogP contribution is -2.26. The summed E-state index contributed by atoms with van der Waals surface area (Å²) in [6.45, 7) is 6.09. The van der Waals surface area contributed by atoms with Gasteiger partial charge in [0.25, 0.3) is 0 Å². The molecular weight excluding hydrogens is 474 g/mol. The van der Waals surface area contributed by atoms with E-state index < -0.39 is 18.2 Å². The number of carbonyl (C=O) groups excluding carboxylic acids is 1. The lowest BCUT2D eigenvalue weighted by Gasteiger charge is -2.15. The Morgan fingerprint density at radius 3 is 2.41 bits per heavy atom. The Morgan fingerprint density at radius 1 is 0.973 bits per heavy atom. The van der Waals surface area contributed by atoms with Crippen LogP contribution in [0.25, 0.3) is 22.2 Å². The Bertz CT molecular complexity index is 1110. The van der Waals surface area contributed by atoms with Gasteiger partial charge in [-0.05, 0) is 30.2 Å². The van der Waals surface area contributed by atoms with Gasteiger partial charge in [0, 0.05) is 29.8 Å². The summed E-state index contributed by atoms with van der Waals surface area (Å²) in [4.78, 5) is 11.0. The van der Waals surface area contributed by atoms with E-state index in [0.717, 1.165) is 36.4 Å². The highest BCUT2D eigenvalue weighted by atomic mass is 16.7. The van der Waals surface area contributed by atoms with Crippen LogP contribution < -0.4 is 4.74 Å². The number of aliphatic hydroxyl groups excluding tert-OH is 2. The number of aliphatic hydroxyl groups is 2. The smallest absolute Gasteiger partial charge is 0.330 e. The number of carbonyl (C=O) groups is 1. The predicted molar refractivity (Wildman–Crippen MR) is 142 cm³/mol. The molecule has 0 aliphatic heterocycles. The van der Waals surface area contributed by atoms with Crippen LogP contribution in [0.2, 0.25) is 0 Å². The fourth-order valence-corrected chi connectivity index (χ4v) is 3.89. The fourth-order valence-electron chi connectivity index (χ4n) is 3.89. The second-order valence-corrected chi connectivity index (χ2v) is 8.79. The minimum atomic E-state index is -0.973. The zero-order valence-electron chi connectivity index (χ0n) is 21.4. The van der Waals surface area contributed by atoms with Gasteiger partial charge in [-0.3, -0.25) is 0 Å². The summed E-state index contributed by atoms with van der Waals surface area (Å²) in [5.74, 6) is 0.0633. The Kier molecular flexibility index (Phi) is 11.6. The number of fused-ring (bicyclic) bond motifs is 1. The molecule has 0 spiro atoms. The van der Waals surface area contributed by atoms with Crippen molar-refractivity contribution in [2.24, 2.45) is 0 Å². The molecule has 2 aromatic carbocycles. The van der Waals surface area contributed by atoms with Crippen molar-refractivity contribution in [3.05, 3.63) is 67.3 Å². The average molecular weight is 512 g/mol. The maximum Gasteiger partial charge on any atom is 0.330 e. The van der Waals surface area contributed by atoms with Crippen LogP contribution in [0.15, 0.2) is 67.3 Å². The topological polar surface area (TPSA) is 99.4 Å². The van der Waals surface area contributed by atoms with E-state index in [9.17, 15) is 15.0 Å². The Labute approximate surface area is 218 Å². The first-order valence-corrected chi connectivity index (χ1v) is 12.6. The molecule has 0 fully saturated rings. The van der Waals surface area contributed by atoms with Crippen LogP contribution >= 0.6 is 0 Å². The Balaban J connectivity index is 1.50. The van der Waals surface area contributed by atoms with E-state index in [0.29, 0.717) is 5.75 Å². The first kappa shape index (κ1) is 28.4. The monoisotopic (exact) mass is 511 g/mol. The second-order valence-electron chi connectivity index (χ2n) is 8.79. The summed E-state index contributed by atoms with van der Waals surface area (Å²) in [6, 6.07) is 18.6. The summed E-state index contributed by atoms with van der Waals surface area (Å²) in [5.41, 5.74) is 3.46. The van der Waals surface area contributed by atoms with E-state index in [1.807, 2.05) is 24.3 Å². The predicted octanol–water partition coefficient (Wildman–Crippen LogP) is 4.32. The van der Waals surface area contributed by atoms with E-state index in [1.165, 1.54) is 17.7 Å². The molecule has 8 heteroatoms. The van der Waals surface area contributed by atoms with E-state index in [4.69, 9.17) is 18.9 Å². The molecule has 3 aromatic rings. The molecule has 1 heterocycles. The standard InChI is InChI=1S/C29H37NO7/c1-3-5-9-14-30-27(22-10-7-6-8-11-22)15-23-12-13-26(16-28(23)30)36-19-24(31)17-34-21-35-18-25(32)20-37-29(33)4-2/h4,6-8,10-13,15-16,24-25,31-32H,2-3,5,9,14,17-21H2,1H3. The minimum Gasteiger partial charge on any atom is -0.491 e. The fraction of sp³-hybridized carbons (Fsp3) is 0.414. The van der Waals surface area contributed by atoms with Crippen molar-refractivity contribution in [3.8, 4) is 17.0 Å². The number of benzene rings is 2. The molecule has 0 amide bonds. The van der Waals surface area contributed by atoms with Gasteiger partial charge in [-0.25, -0.2) is 4.79 Å². The molecule has 0 bridgehead atoms. The molecule has 1 aromatic heterocycles. The zero-order chi connectivity index (χ0) is 26.5. The quantitative estimate of drug-likeness (QED) is 0.121. The highest BCUT2D eigenvalue weighted by molar-refractivity contribution is 5.88. The normalized spacial score (nSPS) is 12.8. The number of aryl methyl sites for hydroxylation is 1. The van der Waals surface area contributed by atoms with Gasteiger partial charge in [0.2, 0.25) is 0 Å². The molecule has 2 unspecified atom stereocenters. The summed E-state index contributed by atoms with van der Waals surface area (Å²) in [7, 11) is 0. The van der Waals surface area contributed by atoms with Crippen LogP contribution in [-0.2, 0) is 25.5 Å². The molecule has 37 heavy (non-hydrogen) atoms. The van der Waals surface area contributed by atoms with E-state index in [2.05, 4.69) is 48.4 Å². The van der Waals surface area contributed by atoms with Gasteiger partial charge in [0.15, 0.2) is 0 Å². The number of aromatic nitrogens is 1. The first-order chi connectivity index (χ1) is 18.0. The number of rotatable bonds is 17. The molecule has 8 nitrogen and oxygen atoms in total. The van der Waals surface area contributed by atoms with Crippen LogP contribution in [0, 0.1) is 0 Å². The largest absolute Gasteiger partial charge is 0.491 e. The Morgan fingerprint density at radius 2 is 1.70 bits per heavy atom. The van der Waals surface area contributed by atoms with Gasteiger partial charge >= 0.3 is 5.97 Å². The third kappa shape index (κ3) is 9.02. The van der Waals surface area contributed by atoms with Crippen LogP contribution in [0.4, 0.5) is 0 Å². The van der Waals surface area contributed by atoms with Gasteiger partial charge in [-0.2, -0.15) is 0 Å². The third-order valence-corrected chi connectivity index (χ3v) is 5.74. The van der Waals surface area contributed by atoms with E-state index in [1.54, 1.807) is 0 Å². The van der Waals surface area contributed by atoms with Crippen molar-refractivity contribution in [2.45, 2.75) is 44.9 Å². The Hall–Kier alpha value is -3.17. The van der Waals surface area contributed by atoms with Gasteiger partial charge in [-0.15, -0.1) is 0 Å². The minimum absolute atomic E-state index is 0.00927. The number of hydrogen-bond acceptors (Lipinski definition) is 7. The van der Waals surface area contributed by atoms with Gasteiger partial charge in [-0.1, -0.05) is 56.7 Å². The number of ether oxygens (including phenoxy) is 4. The highest BCUT2D eigenvalue weighted by Gasteiger charge is 2.13.